The van der Waals surface area contributed by atoms with Crippen molar-refractivity contribution in [2.75, 3.05) is 23.0 Å². The van der Waals surface area contributed by atoms with Gasteiger partial charge in [-0.05, 0) is 31.0 Å². The zero-order valence-corrected chi connectivity index (χ0v) is 17.5. The van der Waals surface area contributed by atoms with E-state index in [0.717, 1.165) is 21.3 Å². The second-order valence-electron chi connectivity index (χ2n) is 6.18. The number of nitrogens with zero attached hydrogens (tertiary/aromatic N) is 2. The number of para-hydroxylation sites is 1. The lowest BCUT2D eigenvalue weighted by Gasteiger charge is -2.20. The molecule has 0 atom stereocenters. The van der Waals surface area contributed by atoms with Crippen LogP contribution in [0.25, 0.3) is 10.2 Å². The van der Waals surface area contributed by atoms with Crippen LogP contribution < -0.4 is 4.90 Å². The van der Waals surface area contributed by atoms with Gasteiger partial charge in [0.25, 0.3) is 0 Å². The minimum absolute atomic E-state index is 0.0742. The van der Waals surface area contributed by atoms with Crippen molar-refractivity contribution in [2.24, 2.45) is 0 Å². The number of fused-ring (bicyclic) bond motifs is 1. The third kappa shape index (κ3) is 5.11. The molecular formula is C21H22N2O3S2. The number of aryl methyl sites for hydroxylation is 1. The Morgan fingerprint density at radius 2 is 1.89 bits per heavy atom. The maximum absolute atomic E-state index is 13.0. The van der Waals surface area contributed by atoms with E-state index in [4.69, 9.17) is 9.72 Å². The molecule has 0 aliphatic carbocycles. The molecule has 1 heterocycles. The van der Waals surface area contributed by atoms with E-state index in [1.807, 2.05) is 55.5 Å². The zero-order chi connectivity index (χ0) is 19.9. The van der Waals surface area contributed by atoms with Gasteiger partial charge in [0, 0.05) is 0 Å². The molecule has 28 heavy (non-hydrogen) atoms. The van der Waals surface area contributed by atoms with Crippen LogP contribution in [0.5, 0.6) is 0 Å². The van der Waals surface area contributed by atoms with Crippen LogP contribution >= 0.6 is 23.1 Å². The molecule has 0 aliphatic rings. The van der Waals surface area contributed by atoms with E-state index in [-0.39, 0.29) is 23.4 Å². The van der Waals surface area contributed by atoms with Gasteiger partial charge in [0.05, 0.1) is 34.9 Å². The van der Waals surface area contributed by atoms with Gasteiger partial charge in [0.2, 0.25) is 5.91 Å². The zero-order valence-electron chi connectivity index (χ0n) is 15.9. The summed E-state index contributed by atoms with van der Waals surface area (Å²) in [6, 6.07) is 15.9. The molecule has 0 aliphatic heterocycles. The summed E-state index contributed by atoms with van der Waals surface area (Å²) in [5, 5.41) is 0.676. The first kappa shape index (κ1) is 20.4. The van der Waals surface area contributed by atoms with Gasteiger partial charge in [0.15, 0.2) is 5.13 Å². The third-order valence-corrected chi connectivity index (χ3v) is 6.01. The normalized spacial score (nSPS) is 10.8. The highest BCUT2D eigenvalue weighted by atomic mass is 32.2. The molecule has 0 N–H and O–H groups in total. The van der Waals surface area contributed by atoms with E-state index in [2.05, 4.69) is 0 Å². The molecule has 3 rings (SSSR count). The first-order valence-electron chi connectivity index (χ1n) is 9.02. The van der Waals surface area contributed by atoms with Crippen LogP contribution in [0.3, 0.4) is 0 Å². The molecule has 0 bridgehead atoms. The lowest BCUT2D eigenvalue weighted by Crippen LogP contribution is -2.32. The van der Waals surface area contributed by atoms with Crippen molar-refractivity contribution in [3.63, 3.8) is 0 Å². The number of anilines is 1. The van der Waals surface area contributed by atoms with E-state index in [0.29, 0.717) is 18.3 Å². The van der Waals surface area contributed by atoms with Crippen molar-refractivity contribution in [3.8, 4) is 0 Å². The monoisotopic (exact) mass is 414 g/mol. The molecule has 0 fully saturated rings. The van der Waals surface area contributed by atoms with Crippen LogP contribution in [0.1, 0.15) is 18.1 Å². The molecule has 3 aromatic rings. The van der Waals surface area contributed by atoms with Crippen molar-refractivity contribution in [2.45, 2.75) is 20.4 Å². The number of rotatable bonds is 8. The number of aromatic nitrogens is 1. The first-order chi connectivity index (χ1) is 13.6. The molecular weight excluding hydrogens is 392 g/mol. The highest BCUT2D eigenvalue weighted by molar-refractivity contribution is 8.00. The van der Waals surface area contributed by atoms with Crippen molar-refractivity contribution in [1.82, 2.24) is 4.98 Å². The average Bonchev–Trinajstić information content (AvgIpc) is 3.12. The Kier molecular flexibility index (Phi) is 7.06. The molecule has 7 heteroatoms. The van der Waals surface area contributed by atoms with Gasteiger partial charge in [0.1, 0.15) is 0 Å². The average molecular weight is 415 g/mol. The molecule has 0 unspecified atom stereocenters. The number of thiazole rings is 1. The fourth-order valence-electron chi connectivity index (χ4n) is 2.72. The summed E-state index contributed by atoms with van der Waals surface area (Å²) in [4.78, 5) is 30.9. The minimum atomic E-state index is -0.300. The topological polar surface area (TPSA) is 59.5 Å². The fraction of sp³-hybridized carbons (Fsp3) is 0.286. The summed E-state index contributed by atoms with van der Waals surface area (Å²) in [5.74, 6) is -0.0153. The number of carbonyl (C=O) groups is 2. The lowest BCUT2D eigenvalue weighted by atomic mass is 10.2. The van der Waals surface area contributed by atoms with E-state index >= 15 is 0 Å². The standard InChI is InChI=1S/C21H22N2O3S2/c1-3-26-19(25)14-27-13-18(24)23(12-16-9-5-4-6-10-16)21-22-20-15(2)8-7-11-17(20)28-21/h4-11H,3,12-14H2,1-2H3. The first-order valence-corrected chi connectivity index (χ1v) is 11.0. The highest BCUT2D eigenvalue weighted by Crippen LogP contribution is 2.31. The molecule has 0 spiro atoms. The summed E-state index contributed by atoms with van der Waals surface area (Å²) < 4.78 is 5.98. The molecule has 2 aromatic carbocycles. The number of ether oxygens (including phenoxy) is 1. The SMILES string of the molecule is CCOC(=O)CSCC(=O)N(Cc1ccccc1)c1nc2c(C)cccc2s1. The van der Waals surface area contributed by atoms with Crippen LogP contribution in [0, 0.1) is 6.92 Å². The number of benzene rings is 2. The predicted octanol–water partition coefficient (Wildman–Crippen LogP) is 4.43. The minimum Gasteiger partial charge on any atom is -0.465 e. The molecule has 1 amide bonds. The third-order valence-electron chi connectivity index (χ3n) is 4.08. The Hall–Kier alpha value is -2.38. The smallest absolute Gasteiger partial charge is 0.315 e. The van der Waals surface area contributed by atoms with Crippen LogP contribution in [0.4, 0.5) is 5.13 Å². The predicted molar refractivity (Wildman–Crippen MR) is 116 cm³/mol. The van der Waals surface area contributed by atoms with Gasteiger partial charge in [-0.3, -0.25) is 14.5 Å². The second-order valence-corrected chi connectivity index (χ2v) is 8.18. The largest absolute Gasteiger partial charge is 0.465 e. The van der Waals surface area contributed by atoms with Gasteiger partial charge in [-0.2, -0.15) is 0 Å². The number of thioether (sulfide) groups is 1. The van der Waals surface area contributed by atoms with Gasteiger partial charge < -0.3 is 4.74 Å². The number of esters is 1. The van der Waals surface area contributed by atoms with E-state index < -0.39 is 0 Å². The van der Waals surface area contributed by atoms with Crippen LogP contribution in [-0.4, -0.2) is 35.0 Å². The summed E-state index contributed by atoms with van der Waals surface area (Å²) >= 11 is 2.77. The van der Waals surface area contributed by atoms with Gasteiger partial charge in [-0.15, -0.1) is 11.8 Å². The Morgan fingerprint density at radius 3 is 2.61 bits per heavy atom. The van der Waals surface area contributed by atoms with E-state index in [1.54, 1.807) is 11.8 Å². The molecule has 0 saturated heterocycles. The summed E-state index contributed by atoms with van der Waals surface area (Å²) in [7, 11) is 0. The maximum Gasteiger partial charge on any atom is 0.315 e. The number of hydrogen-bond acceptors (Lipinski definition) is 6. The molecule has 1 aromatic heterocycles. The van der Waals surface area contributed by atoms with Crippen LogP contribution in [-0.2, 0) is 20.9 Å². The maximum atomic E-state index is 13.0. The lowest BCUT2D eigenvalue weighted by molar-refractivity contribution is -0.139. The number of hydrogen-bond donors (Lipinski definition) is 0. The quantitative estimate of drug-likeness (QED) is 0.510. The van der Waals surface area contributed by atoms with E-state index in [9.17, 15) is 9.59 Å². The number of carbonyl (C=O) groups excluding carboxylic acids is 2. The van der Waals surface area contributed by atoms with Crippen molar-refractivity contribution in [3.05, 3.63) is 59.7 Å². The summed E-state index contributed by atoms with van der Waals surface area (Å²) in [5.41, 5.74) is 3.04. The van der Waals surface area contributed by atoms with Crippen molar-refractivity contribution >= 4 is 50.3 Å². The molecule has 0 radical (unpaired) electrons. The van der Waals surface area contributed by atoms with E-state index in [1.165, 1.54) is 23.1 Å². The van der Waals surface area contributed by atoms with Crippen LogP contribution in [0.15, 0.2) is 48.5 Å². The van der Waals surface area contributed by atoms with Gasteiger partial charge in [-0.25, -0.2) is 4.98 Å². The van der Waals surface area contributed by atoms with Gasteiger partial charge in [-0.1, -0.05) is 53.8 Å². The van der Waals surface area contributed by atoms with Crippen molar-refractivity contribution < 1.29 is 14.3 Å². The number of amides is 1. The fourth-order valence-corrected chi connectivity index (χ4v) is 4.46. The second kappa shape index (κ2) is 9.71. The summed E-state index contributed by atoms with van der Waals surface area (Å²) in [6.07, 6.45) is 0. The van der Waals surface area contributed by atoms with Crippen molar-refractivity contribution in [1.29, 1.82) is 0 Å². The van der Waals surface area contributed by atoms with Crippen LogP contribution in [0.2, 0.25) is 0 Å². The molecule has 5 nitrogen and oxygen atoms in total. The molecule has 0 saturated carbocycles. The Balaban J connectivity index is 1.81. The summed E-state index contributed by atoms with van der Waals surface area (Å²) in [6.45, 7) is 4.58. The Morgan fingerprint density at radius 1 is 1.11 bits per heavy atom. The molecule has 146 valence electrons. The Bertz CT molecular complexity index is 957. The van der Waals surface area contributed by atoms with Gasteiger partial charge >= 0.3 is 5.97 Å². The highest BCUT2D eigenvalue weighted by Gasteiger charge is 2.21. The Labute approximate surface area is 172 Å².